The van der Waals surface area contributed by atoms with Gasteiger partial charge in [0.15, 0.2) is 11.6 Å². The maximum atomic E-state index is 12.1. The highest BCUT2D eigenvalue weighted by atomic mass is 79.9. The fourth-order valence-corrected chi connectivity index (χ4v) is 1.91. The summed E-state index contributed by atoms with van der Waals surface area (Å²) in [6, 6.07) is 5.56. The number of ketones is 1. The molecule has 1 aromatic carbocycles. The molecule has 0 N–H and O–H groups in total. The van der Waals surface area contributed by atoms with Crippen LogP contribution in [0, 0.1) is 6.92 Å². The van der Waals surface area contributed by atoms with Crippen LogP contribution >= 0.6 is 15.9 Å². The first-order chi connectivity index (χ1) is 8.08. The standard InChI is InChI=1S/C11H11BrN4O/c1-7-8(4-3-5-9(7)12)10(17)6-11-13-15-16(2)14-11/h3-5H,6H2,1-2H3. The summed E-state index contributed by atoms with van der Waals surface area (Å²) in [6.07, 6.45) is 0.172. The first kappa shape index (κ1) is 11.9. The number of halogens is 1. The predicted octanol–water partition coefficient (Wildman–Crippen LogP) is 1.71. The van der Waals surface area contributed by atoms with Crippen molar-refractivity contribution in [3.63, 3.8) is 0 Å². The number of benzene rings is 1. The number of tetrazole rings is 1. The second-order valence-electron chi connectivity index (χ2n) is 3.71. The molecule has 1 aromatic heterocycles. The second-order valence-corrected chi connectivity index (χ2v) is 4.56. The maximum absolute atomic E-state index is 12.1. The number of nitrogens with zero attached hydrogens (tertiary/aromatic N) is 4. The minimum atomic E-state index is -0.00296. The van der Waals surface area contributed by atoms with E-state index >= 15 is 0 Å². The number of carbonyl (C=O) groups is 1. The molecular weight excluding hydrogens is 284 g/mol. The first-order valence-corrected chi connectivity index (χ1v) is 5.88. The summed E-state index contributed by atoms with van der Waals surface area (Å²) in [5.74, 6) is 0.439. The van der Waals surface area contributed by atoms with Gasteiger partial charge in [-0.25, -0.2) is 0 Å². The van der Waals surface area contributed by atoms with Crippen LogP contribution in [0.25, 0.3) is 0 Å². The van der Waals surface area contributed by atoms with Gasteiger partial charge in [-0.15, -0.1) is 10.2 Å². The molecule has 5 nitrogen and oxygen atoms in total. The zero-order valence-electron chi connectivity index (χ0n) is 9.51. The summed E-state index contributed by atoms with van der Waals surface area (Å²) >= 11 is 3.40. The average Bonchev–Trinajstić information content (AvgIpc) is 2.68. The van der Waals surface area contributed by atoms with Crippen LogP contribution in [0.15, 0.2) is 22.7 Å². The van der Waals surface area contributed by atoms with Crippen molar-refractivity contribution >= 4 is 21.7 Å². The molecule has 0 unspecified atom stereocenters. The monoisotopic (exact) mass is 294 g/mol. The molecule has 0 atom stereocenters. The van der Waals surface area contributed by atoms with Crippen LogP contribution in [0.5, 0.6) is 0 Å². The van der Waals surface area contributed by atoms with E-state index in [4.69, 9.17) is 0 Å². The molecule has 0 aliphatic rings. The van der Waals surface area contributed by atoms with Crippen LogP contribution < -0.4 is 0 Å². The number of Topliss-reactive ketones (excluding diaryl/α,β-unsaturated/α-hetero) is 1. The Balaban J connectivity index is 2.23. The molecule has 1 heterocycles. The third-order valence-electron chi connectivity index (χ3n) is 2.44. The molecule has 17 heavy (non-hydrogen) atoms. The Morgan fingerprint density at radius 3 is 2.88 bits per heavy atom. The Labute approximate surface area is 107 Å². The Kier molecular flexibility index (Phi) is 3.33. The minimum Gasteiger partial charge on any atom is -0.294 e. The molecule has 0 spiro atoms. The third-order valence-corrected chi connectivity index (χ3v) is 3.30. The topological polar surface area (TPSA) is 60.7 Å². The van der Waals surface area contributed by atoms with E-state index in [0.717, 1.165) is 10.0 Å². The van der Waals surface area contributed by atoms with Gasteiger partial charge >= 0.3 is 0 Å². The molecule has 88 valence electrons. The lowest BCUT2D eigenvalue weighted by atomic mass is 10.0. The Bertz CT molecular complexity index is 564. The molecule has 2 aromatic rings. The molecule has 0 saturated heterocycles. The van der Waals surface area contributed by atoms with Crippen LogP contribution in [0.4, 0.5) is 0 Å². The molecule has 2 rings (SSSR count). The molecular formula is C11H11BrN4O. The predicted molar refractivity (Wildman–Crippen MR) is 65.7 cm³/mol. The zero-order chi connectivity index (χ0) is 12.4. The lowest BCUT2D eigenvalue weighted by molar-refractivity contribution is 0.0990. The number of rotatable bonds is 3. The van der Waals surface area contributed by atoms with Gasteiger partial charge in [0.25, 0.3) is 0 Å². The van der Waals surface area contributed by atoms with Crippen LogP contribution in [-0.2, 0) is 13.5 Å². The van der Waals surface area contributed by atoms with E-state index in [2.05, 4.69) is 31.3 Å². The Morgan fingerprint density at radius 1 is 1.47 bits per heavy atom. The van der Waals surface area contributed by atoms with Gasteiger partial charge in [0.05, 0.1) is 13.5 Å². The highest BCUT2D eigenvalue weighted by molar-refractivity contribution is 9.10. The first-order valence-electron chi connectivity index (χ1n) is 5.09. The number of aryl methyl sites for hydroxylation is 1. The van der Waals surface area contributed by atoms with Gasteiger partial charge in [-0.2, -0.15) is 4.80 Å². The molecule has 6 heteroatoms. The van der Waals surface area contributed by atoms with Gasteiger partial charge in [0.2, 0.25) is 0 Å². The van der Waals surface area contributed by atoms with E-state index < -0.39 is 0 Å². The van der Waals surface area contributed by atoms with E-state index in [9.17, 15) is 4.79 Å². The highest BCUT2D eigenvalue weighted by Crippen LogP contribution is 2.20. The summed E-state index contributed by atoms with van der Waals surface area (Å²) in [7, 11) is 1.67. The maximum Gasteiger partial charge on any atom is 0.182 e. The van der Waals surface area contributed by atoms with E-state index in [0.29, 0.717) is 11.4 Å². The quantitative estimate of drug-likeness (QED) is 0.809. The van der Waals surface area contributed by atoms with Gasteiger partial charge in [-0.05, 0) is 23.8 Å². The van der Waals surface area contributed by atoms with Crippen molar-refractivity contribution in [1.82, 2.24) is 20.2 Å². The second kappa shape index (κ2) is 4.75. The molecule has 0 aliphatic carbocycles. The summed E-state index contributed by atoms with van der Waals surface area (Å²) in [4.78, 5) is 13.4. The third kappa shape index (κ3) is 2.58. The zero-order valence-corrected chi connectivity index (χ0v) is 11.1. The fourth-order valence-electron chi connectivity index (χ4n) is 1.54. The highest BCUT2D eigenvalue weighted by Gasteiger charge is 2.14. The fraction of sp³-hybridized carbons (Fsp3) is 0.273. The van der Waals surface area contributed by atoms with Gasteiger partial charge in [-0.3, -0.25) is 4.79 Å². The number of aromatic nitrogens is 4. The minimum absolute atomic E-state index is 0.00296. The summed E-state index contributed by atoms with van der Waals surface area (Å²) in [5, 5.41) is 11.5. The average molecular weight is 295 g/mol. The van der Waals surface area contributed by atoms with Crippen LogP contribution in [0.3, 0.4) is 0 Å². The molecule has 0 saturated carbocycles. The lowest BCUT2D eigenvalue weighted by Crippen LogP contribution is -2.07. The van der Waals surface area contributed by atoms with Crippen LogP contribution in [-0.4, -0.2) is 26.0 Å². The lowest BCUT2D eigenvalue weighted by Gasteiger charge is -2.04. The van der Waals surface area contributed by atoms with Crippen molar-refractivity contribution in [1.29, 1.82) is 0 Å². The van der Waals surface area contributed by atoms with Gasteiger partial charge < -0.3 is 0 Å². The Morgan fingerprint density at radius 2 is 2.24 bits per heavy atom. The van der Waals surface area contributed by atoms with E-state index in [-0.39, 0.29) is 12.2 Å². The van der Waals surface area contributed by atoms with Gasteiger partial charge in [0.1, 0.15) is 0 Å². The molecule has 0 radical (unpaired) electrons. The van der Waals surface area contributed by atoms with Crippen LogP contribution in [0.2, 0.25) is 0 Å². The van der Waals surface area contributed by atoms with Crippen molar-refractivity contribution in [2.45, 2.75) is 13.3 Å². The summed E-state index contributed by atoms with van der Waals surface area (Å²) in [6.45, 7) is 1.90. The van der Waals surface area contributed by atoms with Gasteiger partial charge in [0, 0.05) is 10.0 Å². The van der Waals surface area contributed by atoms with Crippen molar-refractivity contribution in [3.05, 3.63) is 39.6 Å². The molecule has 0 aliphatic heterocycles. The van der Waals surface area contributed by atoms with E-state index in [1.165, 1.54) is 4.80 Å². The molecule has 0 fully saturated rings. The number of hydrogen-bond donors (Lipinski definition) is 0. The number of hydrogen-bond acceptors (Lipinski definition) is 4. The molecule has 0 amide bonds. The van der Waals surface area contributed by atoms with Gasteiger partial charge in [-0.1, -0.05) is 28.1 Å². The normalized spacial score (nSPS) is 10.5. The van der Waals surface area contributed by atoms with Crippen LogP contribution in [0.1, 0.15) is 21.7 Å². The number of carbonyl (C=O) groups excluding carboxylic acids is 1. The van der Waals surface area contributed by atoms with Crippen molar-refractivity contribution in [2.24, 2.45) is 7.05 Å². The summed E-state index contributed by atoms with van der Waals surface area (Å²) < 4.78 is 0.926. The Hall–Kier alpha value is -1.56. The smallest absolute Gasteiger partial charge is 0.182 e. The SMILES string of the molecule is Cc1c(Br)cccc1C(=O)Cc1nnn(C)n1. The van der Waals surface area contributed by atoms with E-state index in [1.54, 1.807) is 13.1 Å². The summed E-state index contributed by atoms with van der Waals surface area (Å²) in [5.41, 5.74) is 1.62. The molecule has 0 bridgehead atoms. The van der Waals surface area contributed by atoms with Crippen molar-refractivity contribution in [2.75, 3.05) is 0 Å². The van der Waals surface area contributed by atoms with Crippen molar-refractivity contribution in [3.8, 4) is 0 Å². The van der Waals surface area contributed by atoms with Crippen molar-refractivity contribution < 1.29 is 4.79 Å². The van der Waals surface area contributed by atoms with E-state index in [1.807, 2.05) is 19.1 Å². The largest absolute Gasteiger partial charge is 0.294 e.